The fourth-order valence-corrected chi connectivity index (χ4v) is 3.56. The minimum absolute atomic E-state index is 0.0349. The molecule has 1 aromatic rings. The third-order valence-corrected chi connectivity index (χ3v) is 5.28. The Morgan fingerprint density at radius 3 is 2.88 bits per heavy atom. The van der Waals surface area contributed by atoms with Gasteiger partial charge in [-0.2, -0.15) is 0 Å². The van der Waals surface area contributed by atoms with Crippen LogP contribution in [0, 0.1) is 0 Å². The minimum atomic E-state index is -0.253. The monoisotopic (exact) mass is 331 g/mol. The van der Waals surface area contributed by atoms with Crippen LogP contribution in [0.15, 0.2) is 24.3 Å². The molecule has 1 fully saturated rings. The van der Waals surface area contributed by atoms with Crippen LogP contribution in [0.25, 0.3) is 0 Å². The minimum Gasteiger partial charge on any atom is -0.375 e. The lowest BCUT2D eigenvalue weighted by Crippen LogP contribution is -2.59. The van der Waals surface area contributed by atoms with E-state index in [1.807, 2.05) is 6.92 Å². The van der Waals surface area contributed by atoms with Gasteiger partial charge in [0.05, 0.1) is 12.7 Å². The Bertz CT molecular complexity index is 588. The normalized spacial score (nSPS) is 25.1. The fraction of sp³-hybridized carbons (Fsp3) is 0.632. The summed E-state index contributed by atoms with van der Waals surface area (Å²) >= 11 is 0. The van der Waals surface area contributed by atoms with Crippen LogP contribution < -0.4 is 10.6 Å². The van der Waals surface area contributed by atoms with Crippen molar-refractivity contribution in [1.82, 2.24) is 15.5 Å². The molecule has 0 unspecified atom stereocenters. The van der Waals surface area contributed by atoms with Gasteiger partial charge in [0.15, 0.2) is 0 Å². The summed E-state index contributed by atoms with van der Waals surface area (Å²) in [5.74, 6) is 0.0349. The van der Waals surface area contributed by atoms with E-state index in [9.17, 15) is 4.79 Å². The second-order valence-electron chi connectivity index (χ2n) is 7.48. The molecule has 2 heterocycles. The fourth-order valence-electron chi connectivity index (χ4n) is 3.56. The summed E-state index contributed by atoms with van der Waals surface area (Å²) in [6.45, 7) is 10.4. The van der Waals surface area contributed by atoms with Gasteiger partial charge in [-0.3, -0.25) is 9.69 Å². The third-order valence-electron chi connectivity index (χ3n) is 5.28. The Kier molecular flexibility index (Phi) is 5.23. The topological polar surface area (TPSA) is 53.6 Å². The molecular weight excluding hydrogens is 302 g/mol. The lowest BCUT2D eigenvalue weighted by atomic mass is 9.94. The van der Waals surface area contributed by atoms with E-state index in [4.69, 9.17) is 4.74 Å². The van der Waals surface area contributed by atoms with E-state index < -0.39 is 0 Å². The molecule has 0 bridgehead atoms. The van der Waals surface area contributed by atoms with Crippen LogP contribution in [-0.2, 0) is 22.5 Å². The molecule has 5 nitrogen and oxygen atoms in total. The maximum absolute atomic E-state index is 12.5. The Morgan fingerprint density at radius 1 is 1.38 bits per heavy atom. The lowest BCUT2D eigenvalue weighted by Gasteiger charge is -2.42. The van der Waals surface area contributed by atoms with Crippen LogP contribution in [0.5, 0.6) is 0 Å². The van der Waals surface area contributed by atoms with Crippen molar-refractivity contribution in [3.05, 3.63) is 35.4 Å². The van der Waals surface area contributed by atoms with Gasteiger partial charge >= 0.3 is 0 Å². The third kappa shape index (κ3) is 3.79. The van der Waals surface area contributed by atoms with Gasteiger partial charge in [-0.1, -0.05) is 24.3 Å². The molecule has 0 saturated carbocycles. The Balaban J connectivity index is 1.57. The number of ether oxygens (including phenoxy) is 1. The highest BCUT2D eigenvalue weighted by Crippen LogP contribution is 2.25. The summed E-state index contributed by atoms with van der Waals surface area (Å²) < 4.78 is 5.57. The molecule has 2 aliphatic rings. The van der Waals surface area contributed by atoms with Crippen molar-refractivity contribution in [1.29, 1.82) is 0 Å². The van der Waals surface area contributed by atoms with Crippen LogP contribution in [0.2, 0.25) is 0 Å². The van der Waals surface area contributed by atoms with Crippen LogP contribution in [0.1, 0.15) is 31.9 Å². The molecule has 132 valence electrons. The first-order valence-corrected chi connectivity index (χ1v) is 8.92. The highest BCUT2D eigenvalue weighted by molar-refractivity contribution is 5.82. The molecule has 24 heavy (non-hydrogen) atoms. The van der Waals surface area contributed by atoms with Crippen molar-refractivity contribution >= 4 is 5.91 Å². The predicted molar refractivity (Wildman–Crippen MR) is 94.8 cm³/mol. The zero-order chi connectivity index (χ0) is 17.2. The smallest absolute Gasteiger partial charge is 0.239 e. The zero-order valence-electron chi connectivity index (χ0n) is 15.0. The van der Waals surface area contributed by atoms with Gasteiger partial charge in [0, 0.05) is 31.7 Å². The number of benzene rings is 1. The van der Waals surface area contributed by atoms with Gasteiger partial charge in [-0.15, -0.1) is 0 Å². The number of hydrogen-bond donors (Lipinski definition) is 2. The number of fused-ring (bicyclic) bond motifs is 1. The average Bonchev–Trinajstić information content (AvgIpc) is 2.60. The van der Waals surface area contributed by atoms with E-state index in [2.05, 4.69) is 53.6 Å². The molecule has 0 radical (unpaired) electrons. The van der Waals surface area contributed by atoms with E-state index in [0.717, 1.165) is 26.1 Å². The van der Waals surface area contributed by atoms with Crippen molar-refractivity contribution in [3.8, 4) is 0 Å². The maximum atomic E-state index is 12.5. The molecule has 1 aromatic carbocycles. The van der Waals surface area contributed by atoms with Crippen molar-refractivity contribution in [2.24, 2.45) is 0 Å². The number of carbonyl (C=O) groups excluding carboxylic acids is 1. The van der Waals surface area contributed by atoms with E-state index in [-0.39, 0.29) is 23.6 Å². The molecule has 1 amide bonds. The highest BCUT2D eigenvalue weighted by atomic mass is 16.5. The number of hydrogen-bond acceptors (Lipinski definition) is 4. The molecule has 2 aliphatic heterocycles. The van der Waals surface area contributed by atoms with E-state index in [0.29, 0.717) is 13.2 Å². The maximum Gasteiger partial charge on any atom is 0.239 e. The highest BCUT2D eigenvalue weighted by Gasteiger charge is 2.33. The van der Waals surface area contributed by atoms with Crippen LogP contribution >= 0.6 is 0 Å². The quantitative estimate of drug-likeness (QED) is 0.874. The van der Waals surface area contributed by atoms with Crippen LogP contribution in [0.3, 0.4) is 0 Å². The molecule has 3 rings (SSSR count). The number of nitrogens with zero attached hydrogens (tertiary/aromatic N) is 1. The van der Waals surface area contributed by atoms with Gasteiger partial charge in [0.2, 0.25) is 5.91 Å². The van der Waals surface area contributed by atoms with Crippen LogP contribution in [0.4, 0.5) is 0 Å². The second-order valence-corrected chi connectivity index (χ2v) is 7.48. The summed E-state index contributed by atoms with van der Waals surface area (Å²) in [6, 6.07) is 8.39. The summed E-state index contributed by atoms with van der Waals surface area (Å²) in [5.41, 5.74) is 2.77. The molecule has 5 heteroatoms. The predicted octanol–water partition coefficient (Wildman–Crippen LogP) is 1.32. The largest absolute Gasteiger partial charge is 0.375 e. The number of amides is 1. The van der Waals surface area contributed by atoms with Gasteiger partial charge < -0.3 is 15.4 Å². The SMILES string of the molecule is C[C@H]1OCCN[C@@H]1C(=O)NCC(C)(C)N1CCc2ccccc2C1. The summed E-state index contributed by atoms with van der Waals surface area (Å²) in [7, 11) is 0. The van der Waals surface area contributed by atoms with Crippen molar-refractivity contribution in [2.75, 3.05) is 26.2 Å². The first kappa shape index (κ1) is 17.4. The van der Waals surface area contributed by atoms with Crippen molar-refractivity contribution < 1.29 is 9.53 Å². The Hall–Kier alpha value is -1.43. The molecule has 0 aliphatic carbocycles. The number of rotatable bonds is 4. The molecular formula is C19H29N3O2. The number of morpholine rings is 1. The van der Waals surface area contributed by atoms with Crippen molar-refractivity contribution in [3.63, 3.8) is 0 Å². The number of carbonyl (C=O) groups is 1. The Labute approximate surface area is 144 Å². The zero-order valence-corrected chi connectivity index (χ0v) is 15.0. The standard InChI is InChI=1S/C19H29N3O2/c1-14-17(20-9-11-24-14)18(23)21-13-19(2,3)22-10-8-15-6-4-5-7-16(15)12-22/h4-7,14,17,20H,8-13H2,1-3H3,(H,21,23)/t14-,17+/m1/s1. The average molecular weight is 331 g/mol. The first-order valence-electron chi connectivity index (χ1n) is 8.92. The molecule has 1 saturated heterocycles. The summed E-state index contributed by atoms with van der Waals surface area (Å²) in [6.07, 6.45) is 0.992. The molecule has 2 N–H and O–H groups in total. The Morgan fingerprint density at radius 2 is 2.12 bits per heavy atom. The van der Waals surface area contributed by atoms with Gasteiger partial charge in [0.25, 0.3) is 0 Å². The van der Waals surface area contributed by atoms with Gasteiger partial charge in [-0.25, -0.2) is 0 Å². The molecule has 2 atom stereocenters. The van der Waals surface area contributed by atoms with Crippen molar-refractivity contribution in [2.45, 2.75) is 51.4 Å². The second kappa shape index (κ2) is 7.21. The summed E-state index contributed by atoms with van der Waals surface area (Å²) in [4.78, 5) is 14.9. The van der Waals surface area contributed by atoms with Crippen LogP contribution in [-0.4, -0.2) is 54.7 Å². The summed E-state index contributed by atoms with van der Waals surface area (Å²) in [5, 5.41) is 6.37. The molecule has 0 spiro atoms. The lowest BCUT2D eigenvalue weighted by molar-refractivity contribution is -0.129. The van der Waals surface area contributed by atoms with E-state index in [1.54, 1.807) is 0 Å². The van der Waals surface area contributed by atoms with E-state index in [1.165, 1.54) is 11.1 Å². The number of nitrogens with one attached hydrogen (secondary N) is 2. The first-order chi connectivity index (χ1) is 11.5. The van der Waals surface area contributed by atoms with Gasteiger partial charge in [0.1, 0.15) is 6.04 Å². The molecule has 0 aromatic heterocycles. The van der Waals surface area contributed by atoms with Gasteiger partial charge in [-0.05, 0) is 38.3 Å². The van der Waals surface area contributed by atoms with E-state index >= 15 is 0 Å².